The first kappa shape index (κ1) is 31.2. The summed E-state index contributed by atoms with van der Waals surface area (Å²) in [6, 6.07) is 5.36. The molecule has 1 saturated carbocycles. The highest BCUT2D eigenvalue weighted by Gasteiger charge is 2.34. The van der Waals surface area contributed by atoms with Gasteiger partial charge in [0.05, 0.1) is 13.7 Å². The predicted molar refractivity (Wildman–Crippen MR) is 151 cm³/mol. The van der Waals surface area contributed by atoms with Crippen molar-refractivity contribution in [3.63, 3.8) is 0 Å². The molecule has 220 valence electrons. The van der Waals surface area contributed by atoms with Crippen LogP contribution in [0.15, 0.2) is 18.2 Å². The second-order valence-corrected chi connectivity index (χ2v) is 11.1. The Balaban J connectivity index is 1.62. The van der Waals surface area contributed by atoms with E-state index in [9.17, 15) is 9.59 Å². The van der Waals surface area contributed by atoms with E-state index in [2.05, 4.69) is 10.6 Å². The van der Waals surface area contributed by atoms with E-state index in [0.717, 1.165) is 32.4 Å². The Labute approximate surface area is 234 Å². The first-order valence-electron chi connectivity index (χ1n) is 14.5. The summed E-state index contributed by atoms with van der Waals surface area (Å²) in [5, 5.41) is 6.63. The highest BCUT2D eigenvalue weighted by molar-refractivity contribution is 5.95. The quantitative estimate of drug-likeness (QED) is 0.324. The van der Waals surface area contributed by atoms with Gasteiger partial charge in [0.15, 0.2) is 11.5 Å². The van der Waals surface area contributed by atoms with Gasteiger partial charge in [-0.1, -0.05) is 19.3 Å². The van der Waals surface area contributed by atoms with Crippen LogP contribution in [0.3, 0.4) is 0 Å². The number of carbonyl (C=O) groups excluding carboxylic acids is 2. The molecule has 0 aromatic heterocycles. The summed E-state index contributed by atoms with van der Waals surface area (Å²) >= 11 is 0. The maximum absolute atomic E-state index is 13.7. The third-order valence-corrected chi connectivity index (χ3v) is 8.08. The average molecular weight is 548 g/mol. The van der Waals surface area contributed by atoms with E-state index in [-0.39, 0.29) is 35.8 Å². The van der Waals surface area contributed by atoms with Crippen molar-refractivity contribution in [2.75, 3.05) is 60.7 Å². The third-order valence-electron chi connectivity index (χ3n) is 8.08. The van der Waals surface area contributed by atoms with Gasteiger partial charge < -0.3 is 34.5 Å². The van der Waals surface area contributed by atoms with E-state index in [1.807, 2.05) is 18.7 Å². The average Bonchev–Trinajstić information content (AvgIpc) is 3.40. The molecule has 2 amide bonds. The molecule has 0 spiro atoms. The molecular weight excluding hydrogens is 498 g/mol. The molecule has 0 radical (unpaired) electrons. The first-order chi connectivity index (χ1) is 18.9. The Kier molecular flexibility index (Phi) is 12.8. The number of methoxy groups -OCH3 is 3. The number of nitrogens with one attached hydrogen (secondary N) is 2. The van der Waals surface area contributed by atoms with E-state index < -0.39 is 0 Å². The van der Waals surface area contributed by atoms with Gasteiger partial charge in [-0.15, -0.1) is 0 Å². The number of amides is 2. The van der Waals surface area contributed by atoms with Crippen molar-refractivity contribution in [1.82, 2.24) is 15.5 Å². The number of hydrogen-bond acceptors (Lipinski definition) is 7. The Morgan fingerprint density at radius 3 is 2.44 bits per heavy atom. The Bertz CT molecular complexity index is 905. The first-order valence-corrected chi connectivity index (χ1v) is 14.5. The third kappa shape index (κ3) is 8.82. The van der Waals surface area contributed by atoms with Gasteiger partial charge in [0.2, 0.25) is 5.91 Å². The van der Waals surface area contributed by atoms with Crippen LogP contribution < -0.4 is 20.1 Å². The molecule has 0 bridgehead atoms. The SMILES string of the molecule is COCCCOc1cc(C(=O)N(C[C@@H]2CNC[C@H]2CNC(=O)C(OC)C2CCCCC2)C(C)C)ccc1OC. The lowest BCUT2D eigenvalue weighted by Gasteiger charge is -2.32. The molecule has 3 atom stereocenters. The van der Waals surface area contributed by atoms with Gasteiger partial charge in [-0.05, 0) is 62.6 Å². The maximum atomic E-state index is 13.7. The molecule has 2 fully saturated rings. The minimum absolute atomic E-state index is 0.0110. The minimum Gasteiger partial charge on any atom is -0.493 e. The van der Waals surface area contributed by atoms with Gasteiger partial charge in [0.25, 0.3) is 5.91 Å². The van der Waals surface area contributed by atoms with Crippen LogP contribution in [0, 0.1) is 17.8 Å². The van der Waals surface area contributed by atoms with E-state index in [4.69, 9.17) is 18.9 Å². The number of rotatable bonds is 15. The van der Waals surface area contributed by atoms with Crippen molar-refractivity contribution in [3.05, 3.63) is 23.8 Å². The summed E-state index contributed by atoms with van der Waals surface area (Å²) in [6.07, 6.45) is 6.05. The van der Waals surface area contributed by atoms with Crippen molar-refractivity contribution in [3.8, 4) is 11.5 Å². The fourth-order valence-electron chi connectivity index (χ4n) is 5.78. The highest BCUT2D eigenvalue weighted by atomic mass is 16.5. The molecule has 1 aliphatic carbocycles. The standard InChI is InChI=1S/C30H49N3O6/c1-21(2)33(30(35)23-12-13-26(37-4)27(16-23)39-15-9-14-36-3)20-25-18-31-17-24(25)19-32-29(34)28(38-5)22-10-7-6-8-11-22/h12-13,16,21-22,24-25,28,31H,6-11,14-15,17-20H2,1-5H3,(H,32,34)/t24-,25-,28?/m0/s1. The highest BCUT2D eigenvalue weighted by Crippen LogP contribution is 2.30. The number of nitrogens with zero attached hydrogens (tertiary/aromatic N) is 1. The van der Waals surface area contributed by atoms with Crippen LogP contribution in [0.25, 0.3) is 0 Å². The molecule has 9 nitrogen and oxygen atoms in total. The largest absolute Gasteiger partial charge is 0.493 e. The number of hydrogen-bond donors (Lipinski definition) is 2. The molecule has 2 N–H and O–H groups in total. The van der Waals surface area contributed by atoms with Gasteiger partial charge in [-0.3, -0.25) is 9.59 Å². The molecular formula is C30H49N3O6. The second kappa shape index (κ2) is 16.0. The van der Waals surface area contributed by atoms with Crippen molar-refractivity contribution in [2.24, 2.45) is 17.8 Å². The fourth-order valence-corrected chi connectivity index (χ4v) is 5.78. The smallest absolute Gasteiger partial charge is 0.254 e. The lowest BCUT2D eigenvalue weighted by atomic mass is 9.84. The molecule has 3 rings (SSSR count). The molecule has 1 heterocycles. The zero-order valence-electron chi connectivity index (χ0n) is 24.5. The zero-order valence-corrected chi connectivity index (χ0v) is 24.5. The van der Waals surface area contributed by atoms with Crippen LogP contribution in [-0.2, 0) is 14.3 Å². The molecule has 1 saturated heterocycles. The summed E-state index contributed by atoms with van der Waals surface area (Å²) in [5.74, 6) is 1.87. The van der Waals surface area contributed by atoms with E-state index in [0.29, 0.717) is 49.3 Å². The van der Waals surface area contributed by atoms with Crippen molar-refractivity contribution >= 4 is 11.8 Å². The van der Waals surface area contributed by atoms with Gasteiger partial charge in [-0.2, -0.15) is 0 Å². The monoisotopic (exact) mass is 547 g/mol. The van der Waals surface area contributed by atoms with Crippen LogP contribution >= 0.6 is 0 Å². The van der Waals surface area contributed by atoms with Crippen LogP contribution in [0.5, 0.6) is 11.5 Å². The van der Waals surface area contributed by atoms with E-state index >= 15 is 0 Å². The van der Waals surface area contributed by atoms with Crippen LogP contribution in [0.2, 0.25) is 0 Å². The molecule has 9 heteroatoms. The Morgan fingerprint density at radius 1 is 1.03 bits per heavy atom. The van der Waals surface area contributed by atoms with Gasteiger partial charge in [-0.25, -0.2) is 0 Å². The molecule has 1 aliphatic heterocycles. The van der Waals surface area contributed by atoms with Crippen LogP contribution in [-0.4, -0.2) is 89.6 Å². The van der Waals surface area contributed by atoms with Crippen LogP contribution in [0.1, 0.15) is 62.7 Å². The van der Waals surface area contributed by atoms with Crippen molar-refractivity contribution < 1.29 is 28.5 Å². The summed E-state index contributed by atoms with van der Waals surface area (Å²) in [4.78, 5) is 28.6. The van der Waals surface area contributed by atoms with Gasteiger partial charge in [0.1, 0.15) is 6.10 Å². The lowest BCUT2D eigenvalue weighted by molar-refractivity contribution is -0.135. The molecule has 39 heavy (non-hydrogen) atoms. The lowest BCUT2D eigenvalue weighted by Crippen LogP contribution is -2.46. The van der Waals surface area contributed by atoms with Crippen molar-refractivity contribution in [1.29, 1.82) is 0 Å². The number of ether oxygens (including phenoxy) is 4. The number of benzene rings is 1. The van der Waals surface area contributed by atoms with E-state index in [1.165, 1.54) is 19.3 Å². The summed E-state index contributed by atoms with van der Waals surface area (Å²) in [7, 11) is 4.89. The molecule has 2 aliphatic rings. The minimum atomic E-state index is -0.382. The summed E-state index contributed by atoms with van der Waals surface area (Å²) in [6.45, 7) is 7.96. The summed E-state index contributed by atoms with van der Waals surface area (Å²) in [5.41, 5.74) is 0.567. The zero-order chi connectivity index (χ0) is 28.2. The van der Waals surface area contributed by atoms with Crippen LogP contribution in [0.4, 0.5) is 0 Å². The predicted octanol–water partition coefficient (Wildman–Crippen LogP) is 3.51. The topological polar surface area (TPSA) is 98.4 Å². The maximum Gasteiger partial charge on any atom is 0.254 e. The molecule has 1 aromatic carbocycles. The molecule has 1 unspecified atom stereocenters. The Hall–Kier alpha value is -2.36. The second-order valence-electron chi connectivity index (χ2n) is 11.1. The number of carbonyl (C=O) groups is 2. The molecule has 1 aromatic rings. The fraction of sp³-hybridized carbons (Fsp3) is 0.733. The Morgan fingerprint density at radius 2 is 1.77 bits per heavy atom. The van der Waals surface area contributed by atoms with E-state index in [1.54, 1.807) is 39.5 Å². The normalized spacial score (nSPS) is 20.6. The summed E-state index contributed by atoms with van der Waals surface area (Å²) < 4.78 is 22.1. The van der Waals surface area contributed by atoms with Crippen molar-refractivity contribution in [2.45, 2.75) is 64.5 Å². The van der Waals surface area contributed by atoms with Gasteiger partial charge >= 0.3 is 0 Å². The van der Waals surface area contributed by atoms with Gasteiger partial charge in [0, 0.05) is 65.0 Å².